The summed E-state index contributed by atoms with van der Waals surface area (Å²) in [5.41, 5.74) is 6.34. The summed E-state index contributed by atoms with van der Waals surface area (Å²) in [5.74, 6) is 0. The lowest BCUT2D eigenvalue weighted by atomic mass is 9.70. The Morgan fingerprint density at radius 2 is 1.40 bits per heavy atom. The van der Waals surface area contributed by atoms with Gasteiger partial charge in [-0.25, -0.2) is 0 Å². The van der Waals surface area contributed by atoms with Crippen LogP contribution >= 0.6 is 0 Å². The van der Waals surface area contributed by atoms with Crippen molar-refractivity contribution in [3.8, 4) is 0 Å². The van der Waals surface area contributed by atoms with E-state index in [0.717, 1.165) is 54.4 Å². The monoisotopic (exact) mass is 666 g/mol. The average Bonchev–Trinajstić information content (AvgIpc) is 3.01. The van der Waals surface area contributed by atoms with Gasteiger partial charge in [0.1, 0.15) is 54.9 Å². The molecule has 0 amide bonds. The van der Waals surface area contributed by atoms with Gasteiger partial charge in [0, 0.05) is 0 Å². The number of unbranched alkanes of at least 4 members (excludes halogenated alkanes) is 1. The molecule has 11 atom stereocenters. The van der Waals surface area contributed by atoms with Crippen molar-refractivity contribution in [2.45, 2.75) is 148 Å². The van der Waals surface area contributed by atoms with E-state index in [2.05, 4.69) is 46.4 Å². The Labute approximate surface area is 279 Å². The van der Waals surface area contributed by atoms with E-state index in [-0.39, 0.29) is 5.41 Å². The molecule has 1 unspecified atom stereocenters. The van der Waals surface area contributed by atoms with Crippen LogP contribution < -0.4 is 0 Å². The van der Waals surface area contributed by atoms with E-state index in [4.69, 9.17) is 18.9 Å². The van der Waals surface area contributed by atoms with Crippen molar-refractivity contribution in [3.05, 3.63) is 58.2 Å². The second-order valence-electron chi connectivity index (χ2n) is 14.0. The highest BCUT2D eigenvalue weighted by Gasteiger charge is 2.51. The molecule has 3 aliphatic rings. The molecule has 268 valence electrons. The summed E-state index contributed by atoms with van der Waals surface area (Å²) in [5, 5.41) is 73.0. The summed E-state index contributed by atoms with van der Waals surface area (Å²) in [6, 6.07) is 0. The van der Waals surface area contributed by atoms with Gasteiger partial charge in [-0.15, -0.1) is 0 Å². The Kier molecular flexibility index (Phi) is 14.6. The molecule has 2 heterocycles. The summed E-state index contributed by atoms with van der Waals surface area (Å²) >= 11 is 0. The van der Waals surface area contributed by atoms with Gasteiger partial charge in [0.2, 0.25) is 0 Å². The van der Waals surface area contributed by atoms with Gasteiger partial charge in [-0.1, -0.05) is 54.9 Å². The number of allylic oxidation sites excluding steroid dienone is 7. The fourth-order valence-electron chi connectivity index (χ4n) is 6.57. The number of hydrogen-bond acceptors (Lipinski definition) is 11. The summed E-state index contributed by atoms with van der Waals surface area (Å²) in [7, 11) is 0. The maximum absolute atomic E-state index is 11.3. The van der Waals surface area contributed by atoms with E-state index >= 15 is 0 Å². The predicted molar refractivity (Wildman–Crippen MR) is 177 cm³/mol. The highest BCUT2D eigenvalue weighted by molar-refractivity contribution is 5.36. The minimum atomic E-state index is -1.74. The third-order valence-electron chi connectivity index (χ3n) is 9.83. The SMILES string of the molecule is C=C(C)/C(C)=C/CC/C=C(C)/C(C)=C/C(O[C@H]1O[C@H](CO)[C@@H](O[C@@H]2O[C@H](CO)[C@@H](O)[C@H](O)[C@H]2O)[C@H](O)[C@H]1O)C1=C(C)CCCC1(C)C. The second kappa shape index (κ2) is 17.3. The molecular formula is C36H58O11. The van der Waals surface area contributed by atoms with Crippen molar-refractivity contribution in [3.63, 3.8) is 0 Å². The van der Waals surface area contributed by atoms with Crippen LogP contribution in [0.25, 0.3) is 0 Å². The third kappa shape index (κ3) is 9.70. The van der Waals surface area contributed by atoms with E-state index in [0.29, 0.717) is 0 Å². The van der Waals surface area contributed by atoms with Crippen LogP contribution in [-0.4, -0.2) is 116 Å². The number of aliphatic hydroxyl groups is 7. The van der Waals surface area contributed by atoms with E-state index < -0.39 is 80.7 Å². The smallest absolute Gasteiger partial charge is 0.187 e. The van der Waals surface area contributed by atoms with Crippen molar-refractivity contribution in [1.29, 1.82) is 0 Å². The van der Waals surface area contributed by atoms with Crippen LogP contribution in [0, 0.1) is 5.41 Å². The molecule has 0 radical (unpaired) electrons. The van der Waals surface area contributed by atoms with E-state index in [1.165, 1.54) is 11.1 Å². The van der Waals surface area contributed by atoms with Gasteiger partial charge >= 0.3 is 0 Å². The molecule has 0 bridgehead atoms. The zero-order valence-corrected chi connectivity index (χ0v) is 29.0. The van der Waals surface area contributed by atoms with E-state index in [1.807, 2.05) is 26.8 Å². The Hall–Kier alpha value is -1.74. The molecule has 0 spiro atoms. The van der Waals surface area contributed by atoms with Crippen LogP contribution in [-0.2, 0) is 18.9 Å². The van der Waals surface area contributed by atoms with Gasteiger partial charge in [0.25, 0.3) is 0 Å². The first-order valence-corrected chi connectivity index (χ1v) is 16.7. The maximum atomic E-state index is 11.3. The first-order chi connectivity index (χ1) is 22.0. The van der Waals surface area contributed by atoms with E-state index in [1.54, 1.807) is 0 Å². The summed E-state index contributed by atoms with van der Waals surface area (Å²) in [6.45, 7) is 17.2. The highest BCUT2D eigenvalue weighted by Crippen LogP contribution is 2.44. The largest absolute Gasteiger partial charge is 0.394 e. The van der Waals surface area contributed by atoms with Gasteiger partial charge < -0.3 is 54.7 Å². The molecule has 0 aromatic rings. The van der Waals surface area contributed by atoms with Gasteiger partial charge in [0.15, 0.2) is 12.6 Å². The Balaban J connectivity index is 1.87. The Morgan fingerprint density at radius 1 is 0.830 bits per heavy atom. The lowest BCUT2D eigenvalue weighted by molar-refractivity contribution is -0.360. The van der Waals surface area contributed by atoms with Gasteiger partial charge in [-0.05, 0) is 89.4 Å². The van der Waals surface area contributed by atoms with Crippen LogP contribution in [0.5, 0.6) is 0 Å². The minimum Gasteiger partial charge on any atom is -0.394 e. The summed E-state index contributed by atoms with van der Waals surface area (Å²) < 4.78 is 23.7. The van der Waals surface area contributed by atoms with Crippen LogP contribution in [0.4, 0.5) is 0 Å². The lowest BCUT2D eigenvalue weighted by Gasteiger charge is -2.47. The zero-order chi connectivity index (χ0) is 35.2. The Bertz CT molecular complexity index is 1180. The Morgan fingerprint density at radius 3 is 1.98 bits per heavy atom. The predicted octanol–water partition coefficient (Wildman–Crippen LogP) is 2.72. The second-order valence-corrected chi connectivity index (χ2v) is 14.0. The molecule has 0 aromatic heterocycles. The molecule has 1 aliphatic carbocycles. The van der Waals surface area contributed by atoms with Crippen LogP contribution in [0.15, 0.2) is 58.2 Å². The molecule has 11 nitrogen and oxygen atoms in total. The third-order valence-corrected chi connectivity index (χ3v) is 9.83. The molecule has 11 heteroatoms. The van der Waals surface area contributed by atoms with Crippen LogP contribution in [0.1, 0.15) is 80.6 Å². The molecule has 7 N–H and O–H groups in total. The van der Waals surface area contributed by atoms with Crippen LogP contribution in [0.2, 0.25) is 0 Å². The molecule has 47 heavy (non-hydrogen) atoms. The quantitative estimate of drug-likeness (QED) is 0.0874. The topological polar surface area (TPSA) is 179 Å². The van der Waals surface area contributed by atoms with Crippen molar-refractivity contribution < 1.29 is 54.7 Å². The first-order valence-electron chi connectivity index (χ1n) is 16.7. The van der Waals surface area contributed by atoms with Crippen molar-refractivity contribution in [1.82, 2.24) is 0 Å². The van der Waals surface area contributed by atoms with Crippen molar-refractivity contribution in [2.24, 2.45) is 5.41 Å². The number of ether oxygens (including phenoxy) is 4. The van der Waals surface area contributed by atoms with Gasteiger partial charge in [0.05, 0.1) is 13.2 Å². The molecule has 0 aromatic carbocycles. The fraction of sp³-hybridized carbons (Fsp3) is 0.722. The van der Waals surface area contributed by atoms with Gasteiger partial charge in [-0.3, -0.25) is 0 Å². The van der Waals surface area contributed by atoms with Crippen LogP contribution in [0.3, 0.4) is 0 Å². The number of hydrogen-bond donors (Lipinski definition) is 7. The normalized spacial score (nSPS) is 36.4. The highest BCUT2D eigenvalue weighted by atomic mass is 16.7. The lowest BCUT2D eigenvalue weighted by Crippen LogP contribution is -2.65. The number of aliphatic hydroxyl groups excluding tert-OH is 7. The van der Waals surface area contributed by atoms with Gasteiger partial charge in [-0.2, -0.15) is 0 Å². The molecule has 0 saturated carbocycles. The maximum Gasteiger partial charge on any atom is 0.187 e. The molecule has 2 fully saturated rings. The van der Waals surface area contributed by atoms with E-state index in [9.17, 15) is 35.7 Å². The van der Waals surface area contributed by atoms with Crippen molar-refractivity contribution in [2.75, 3.05) is 13.2 Å². The number of rotatable bonds is 13. The molecule has 2 saturated heterocycles. The fourth-order valence-corrected chi connectivity index (χ4v) is 6.57. The first kappa shape index (κ1) is 39.7. The summed E-state index contributed by atoms with van der Waals surface area (Å²) in [6.07, 6.45) is -4.79. The molecular weight excluding hydrogens is 608 g/mol. The summed E-state index contributed by atoms with van der Waals surface area (Å²) in [4.78, 5) is 0. The minimum absolute atomic E-state index is 0.213. The standard InChI is InChI=1S/C36H58O11/c1-19(2)20(3)12-9-10-13-21(4)23(6)16-24(27-22(5)14-11-15-36(27,7)8)44-34-32(43)30(41)33(26(18-38)46-34)47-35-31(42)29(40)28(39)25(17-37)45-35/h12-13,16,24-26,28-35,37-43H,1,9-11,14-15,17-18H2,2-8H3/b20-12+,21-13+,23-16+/t24?,25-,26-,28-,29+,30-,31-,32-,33-,34+,35+/m1/s1. The average molecular weight is 667 g/mol. The van der Waals surface area contributed by atoms with Crippen molar-refractivity contribution >= 4 is 0 Å². The molecule has 2 aliphatic heterocycles. The molecule has 3 rings (SSSR count). The zero-order valence-electron chi connectivity index (χ0n) is 29.0.